The van der Waals surface area contributed by atoms with Gasteiger partial charge in [-0.15, -0.1) is 11.8 Å². The number of halogens is 1. The van der Waals surface area contributed by atoms with E-state index >= 15 is 0 Å². The van der Waals surface area contributed by atoms with Crippen LogP contribution < -0.4 is 0 Å². The van der Waals surface area contributed by atoms with E-state index in [-0.39, 0.29) is 0 Å². The second-order valence-corrected chi connectivity index (χ2v) is 6.23. The molecule has 2 heteroatoms. The summed E-state index contributed by atoms with van der Waals surface area (Å²) in [4.78, 5) is 1.43. The van der Waals surface area contributed by atoms with Crippen molar-refractivity contribution in [2.75, 3.05) is 0 Å². The lowest BCUT2D eigenvalue weighted by Crippen LogP contribution is -1.91. The minimum absolute atomic E-state index is 0.503. The first kappa shape index (κ1) is 12.8. The summed E-state index contributed by atoms with van der Waals surface area (Å²) in [6.45, 7) is 2.28. The largest absolute Gasteiger partial charge is 0.125 e. The van der Waals surface area contributed by atoms with Gasteiger partial charge >= 0.3 is 0 Å². The molecular weight excluding hydrogens is 272 g/mol. The van der Waals surface area contributed by atoms with Crippen molar-refractivity contribution in [3.8, 4) is 0 Å². The Bertz CT molecular complexity index is 631. The summed E-state index contributed by atoms with van der Waals surface area (Å²) in [5.74, 6) is 1.44. The van der Waals surface area contributed by atoms with E-state index in [4.69, 9.17) is 11.6 Å². The first-order valence-electron chi connectivity index (χ1n) is 6.42. The first-order chi connectivity index (χ1) is 9.25. The lowest BCUT2D eigenvalue weighted by Gasteiger charge is -2.11. The third-order valence-corrected chi connectivity index (χ3v) is 5.17. The Morgan fingerprint density at radius 2 is 1.79 bits per heavy atom. The Balaban J connectivity index is 1.75. The van der Waals surface area contributed by atoms with Crippen molar-refractivity contribution in [3.05, 3.63) is 75.1 Å². The Morgan fingerprint density at radius 3 is 2.58 bits per heavy atom. The molecule has 1 atom stereocenters. The molecule has 0 saturated heterocycles. The fourth-order valence-corrected chi connectivity index (χ4v) is 3.85. The van der Waals surface area contributed by atoms with E-state index in [0.717, 1.165) is 10.8 Å². The van der Waals surface area contributed by atoms with E-state index in [1.54, 1.807) is 0 Å². The molecule has 0 amide bonds. The zero-order valence-electron chi connectivity index (χ0n) is 10.8. The number of fused-ring (bicyclic) bond motifs is 1. The van der Waals surface area contributed by atoms with Crippen LogP contribution in [0.25, 0.3) is 6.08 Å². The van der Waals surface area contributed by atoms with Crippen molar-refractivity contribution in [1.82, 2.24) is 0 Å². The molecule has 0 heterocycles. The highest BCUT2D eigenvalue weighted by Crippen LogP contribution is 2.43. The summed E-state index contributed by atoms with van der Waals surface area (Å²) in [5.41, 5.74) is 4.00. The molecule has 3 rings (SSSR count). The second-order valence-electron chi connectivity index (χ2n) is 4.78. The minimum atomic E-state index is 0.503. The van der Waals surface area contributed by atoms with Gasteiger partial charge in [0.15, 0.2) is 0 Å². The number of rotatable bonds is 3. The zero-order valence-corrected chi connectivity index (χ0v) is 12.3. The van der Waals surface area contributed by atoms with Gasteiger partial charge in [-0.25, -0.2) is 0 Å². The summed E-state index contributed by atoms with van der Waals surface area (Å²) in [7, 11) is 0. The predicted molar refractivity (Wildman–Crippen MR) is 85.6 cm³/mol. The van der Waals surface area contributed by atoms with E-state index in [0.29, 0.717) is 5.92 Å². The quantitative estimate of drug-likeness (QED) is 0.694. The molecule has 0 N–H and O–H groups in total. The van der Waals surface area contributed by atoms with Gasteiger partial charge in [0.2, 0.25) is 0 Å². The molecule has 2 aromatic carbocycles. The smallest absolute Gasteiger partial charge is 0.0446 e. The van der Waals surface area contributed by atoms with Crippen LogP contribution in [0.4, 0.5) is 0 Å². The second kappa shape index (κ2) is 5.44. The van der Waals surface area contributed by atoms with Crippen LogP contribution in [0.5, 0.6) is 0 Å². The van der Waals surface area contributed by atoms with Crippen LogP contribution in [-0.4, -0.2) is 0 Å². The van der Waals surface area contributed by atoms with Gasteiger partial charge in [-0.1, -0.05) is 61.0 Å². The van der Waals surface area contributed by atoms with E-state index in [2.05, 4.69) is 43.3 Å². The highest BCUT2D eigenvalue weighted by atomic mass is 35.5. The van der Waals surface area contributed by atoms with Crippen LogP contribution in [0.2, 0.25) is 5.02 Å². The number of allylic oxidation sites excluding steroid dienone is 1. The SMILES string of the molecule is CC1C(SCc2ccccc2Cl)=Cc2ccccc21. The molecule has 2 aromatic rings. The number of thioether (sulfide) groups is 1. The van der Waals surface area contributed by atoms with Gasteiger partial charge in [-0.05, 0) is 33.7 Å². The van der Waals surface area contributed by atoms with Crippen LogP contribution in [0.3, 0.4) is 0 Å². The third-order valence-electron chi connectivity index (χ3n) is 3.54. The number of hydrogen-bond acceptors (Lipinski definition) is 1. The van der Waals surface area contributed by atoms with Crippen LogP contribution in [0, 0.1) is 0 Å². The topological polar surface area (TPSA) is 0 Å². The lowest BCUT2D eigenvalue weighted by molar-refractivity contribution is 0.974. The molecule has 0 nitrogen and oxygen atoms in total. The third kappa shape index (κ3) is 2.58. The van der Waals surface area contributed by atoms with Crippen LogP contribution in [-0.2, 0) is 5.75 Å². The van der Waals surface area contributed by atoms with Gasteiger partial charge < -0.3 is 0 Å². The fourth-order valence-electron chi connectivity index (χ4n) is 2.41. The highest BCUT2D eigenvalue weighted by Gasteiger charge is 2.20. The first-order valence-corrected chi connectivity index (χ1v) is 7.79. The summed E-state index contributed by atoms with van der Waals surface area (Å²) in [5, 5.41) is 0.860. The molecule has 0 bridgehead atoms. The number of benzene rings is 2. The molecule has 19 heavy (non-hydrogen) atoms. The Labute approximate surface area is 123 Å². The van der Waals surface area contributed by atoms with Crippen molar-refractivity contribution in [2.24, 2.45) is 0 Å². The van der Waals surface area contributed by atoms with Gasteiger partial charge in [0.1, 0.15) is 0 Å². The van der Waals surface area contributed by atoms with Crippen molar-refractivity contribution < 1.29 is 0 Å². The molecule has 1 unspecified atom stereocenters. The summed E-state index contributed by atoms with van der Waals surface area (Å²) in [6, 6.07) is 16.7. The lowest BCUT2D eigenvalue weighted by atomic mass is 10.0. The monoisotopic (exact) mass is 286 g/mol. The minimum Gasteiger partial charge on any atom is -0.125 e. The maximum absolute atomic E-state index is 6.20. The maximum Gasteiger partial charge on any atom is 0.0446 e. The Kier molecular flexibility index (Phi) is 3.67. The van der Waals surface area contributed by atoms with Gasteiger partial charge in [0.25, 0.3) is 0 Å². The molecule has 0 saturated carbocycles. The van der Waals surface area contributed by atoms with Crippen LogP contribution >= 0.6 is 23.4 Å². The predicted octanol–water partition coefficient (Wildman–Crippen LogP) is 5.73. The molecule has 0 radical (unpaired) electrons. The molecule has 1 aliphatic carbocycles. The van der Waals surface area contributed by atoms with Gasteiger partial charge in [-0.3, -0.25) is 0 Å². The fraction of sp³-hybridized carbons (Fsp3) is 0.176. The number of hydrogen-bond donors (Lipinski definition) is 0. The summed E-state index contributed by atoms with van der Waals surface area (Å²) in [6.07, 6.45) is 2.31. The Hall–Kier alpha value is -1.18. The van der Waals surface area contributed by atoms with Crippen LogP contribution in [0.1, 0.15) is 29.5 Å². The normalized spacial score (nSPS) is 17.2. The maximum atomic E-state index is 6.20. The van der Waals surface area contributed by atoms with Gasteiger partial charge in [0.05, 0.1) is 0 Å². The zero-order chi connectivity index (χ0) is 13.2. The molecule has 96 valence electrons. The van der Waals surface area contributed by atoms with Crippen molar-refractivity contribution >= 4 is 29.4 Å². The van der Waals surface area contributed by atoms with Crippen molar-refractivity contribution in [1.29, 1.82) is 0 Å². The Morgan fingerprint density at radius 1 is 1.05 bits per heavy atom. The van der Waals surface area contributed by atoms with E-state index in [9.17, 15) is 0 Å². The highest BCUT2D eigenvalue weighted by molar-refractivity contribution is 8.02. The average molecular weight is 287 g/mol. The molecule has 0 aromatic heterocycles. The van der Waals surface area contributed by atoms with Crippen molar-refractivity contribution in [2.45, 2.75) is 18.6 Å². The molecular formula is C17H15ClS. The van der Waals surface area contributed by atoms with Gasteiger partial charge in [-0.2, -0.15) is 0 Å². The summed E-state index contributed by atoms with van der Waals surface area (Å²) >= 11 is 8.10. The van der Waals surface area contributed by atoms with E-state index in [1.807, 2.05) is 30.0 Å². The van der Waals surface area contributed by atoms with E-state index in [1.165, 1.54) is 21.6 Å². The van der Waals surface area contributed by atoms with E-state index < -0.39 is 0 Å². The summed E-state index contributed by atoms with van der Waals surface area (Å²) < 4.78 is 0. The van der Waals surface area contributed by atoms with Crippen molar-refractivity contribution in [3.63, 3.8) is 0 Å². The molecule has 1 aliphatic rings. The van der Waals surface area contributed by atoms with Crippen LogP contribution in [0.15, 0.2) is 53.4 Å². The standard InChI is InChI=1S/C17H15ClS/c1-12-15-8-4-2-6-13(15)10-17(12)19-11-14-7-3-5-9-16(14)18/h2-10,12H,11H2,1H3. The van der Waals surface area contributed by atoms with Gasteiger partial charge in [0, 0.05) is 16.7 Å². The average Bonchev–Trinajstić information content (AvgIpc) is 2.75. The molecule has 0 spiro atoms. The molecule has 0 fully saturated rings. The molecule has 0 aliphatic heterocycles.